The first-order chi connectivity index (χ1) is 13.6. The molecule has 1 amide bonds. The second-order valence-electron chi connectivity index (χ2n) is 6.56. The molecule has 0 unspecified atom stereocenters. The highest BCUT2D eigenvalue weighted by atomic mass is 16.6. The molecule has 0 bridgehead atoms. The Balaban J connectivity index is 1.53. The van der Waals surface area contributed by atoms with Gasteiger partial charge in [-0.15, -0.1) is 0 Å². The molecule has 1 aliphatic heterocycles. The zero-order chi connectivity index (χ0) is 19.5. The maximum absolute atomic E-state index is 13.0. The lowest BCUT2D eigenvalue weighted by atomic mass is 9.99. The van der Waals surface area contributed by atoms with E-state index in [1.165, 1.54) is 29.5 Å². The average Bonchev–Trinajstić information content (AvgIpc) is 3.24. The van der Waals surface area contributed by atoms with Crippen molar-refractivity contribution in [3.05, 3.63) is 88.1 Å². The highest BCUT2D eigenvalue weighted by Gasteiger charge is 2.23. The Morgan fingerprint density at radius 2 is 1.82 bits per heavy atom. The van der Waals surface area contributed by atoms with Crippen LogP contribution < -0.4 is 0 Å². The molecule has 0 aliphatic carbocycles. The maximum Gasteiger partial charge on any atom is 0.269 e. The molecule has 140 valence electrons. The second-order valence-corrected chi connectivity index (χ2v) is 6.56. The number of hydrogen-bond acceptors (Lipinski definition) is 4. The number of rotatable bonds is 4. The zero-order valence-electron chi connectivity index (χ0n) is 15.0. The Hall–Kier alpha value is -3.74. The third-order valence-corrected chi connectivity index (χ3v) is 4.88. The van der Waals surface area contributed by atoms with E-state index in [4.69, 9.17) is 0 Å². The quantitative estimate of drug-likeness (QED) is 0.553. The molecular formula is C21H18N4O3. The smallest absolute Gasteiger partial charge is 0.269 e. The molecule has 7 heteroatoms. The third-order valence-electron chi connectivity index (χ3n) is 4.88. The number of H-pyrrole nitrogens is 1. The van der Waals surface area contributed by atoms with Gasteiger partial charge in [0.15, 0.2) is 0 Å². The van der Waals surface area contributed by atoms with E-state index in [0.29, 0.717) is 29.9 Å². The summed E-state index contributed by atoms with van der Waals surface area (Å²) in [5.74, 6) is -0.106. The van der Waals surface area contributed by atoms with Crippen molar-refractivity contribution < 1.29 is 9.72 Å². The van der Waals surface area contributed by atoms with E-state index in [9.17, 15) is 14.9 Å². The van der Waals surface area contributed by atoms with E-state index in [0.717, 1.165) is 6.42 Å². The molecule has 2 heterocycles. The molecule has 7 nitrogen and oxygen atoms in total. The van der Waals surface area contributed by atoms with E-state index < -0.39 is 4.92 Å². The SMILES string of the molecule is O=C(c1cn[nH]c1-c1ccc([N+](=O)[O-])cc1)N1CC=C(c2ccccc2)CC1. The van der Waals surface area contributed by atoms with Gasteiger partial charge in [0, 0.05) is 30.8 Å². The van der Waals surface area contributed by atoms with E-state index in [-0.39, 0.29) is 11.6 Å². The molecule has 0 saturated heterocycles. The second kappa shape index (κ2) is 7.48. The highest BCUT2D eigenvalue weighted by Crippen LogP contribution is 2.27. The molecule has 1 N–H and O–H groups in total. The number of nitro groups is 1. The van der Waals surface area contributed by atoms with Crippen LogP contribution >= 0.6 is 0 Å². The van der Waals surface area contributed by atoms with Crippen LogP contribution in [0.15, 0.2) is 66.9 Å². The molecule has 0 radical (unpaired) electrons. The van der Waals surface area contributed by atoms with E-state index >= 15 is 0 Å². The minimum atomic E-state index is -0.451. The molecule has 0 atom stereocenters. The Morgan fingerprint density at radius 1 is 1.07 bits per heavy atom. The van der Waals surface area contributed by atoms with E-state index in [1.54, 1.807) is 17.0 Å². The molecule has 28 heavy (non-hydrogen) atoms. The van der Waals surface area contributed by atoms with Crippen LogP contribution in [0.25, 0.3) is 16.8 Å². The Bertz CT molecular complexity index is 1040. The van der Waals surface area contributed by atoms with Gasteiger partial charge in [-0.3, -0.25) is 20.0 Å². The lowest BCUT2D eigenvalue weighted by Crippen LogP contribution is -2.34. The number of benzene rings is 2. The minimum absolute atomic E-state index is 0.00532. The molecule has 3 aromatic rings. The van der Waals surface area contributed by atoms with Crippen LogP contribution in [-0.4, -0.2) is 39.0 Å². The summed E-state index contributed by atoms with van der Waals surface area (Å²) in [7, 11) is 0. The van der Waals surface area contributed by atoms with Gasteiger partial charge < -0.3 is 4.90 Å². The molecule has 1 aromatic heterocycles. The van der Waals surface area contributed by atoms with E-state index in [2.05, 4.69) is 28.4 Å². The predicted octanol–water partition coefficient (Wildman–Crippen LogP) is 3.91. The summed E-state index contributed by atoms with van der Waals surface area (Å²) in [6, 6.07) is 16.2. The normalized spacial score (nSPS) is 13.9. The monoisotopic (exact) mass is 374 g/mol. The van der Waals surface area contributed by atoms with Gasteiger partial charge in [0.05, 0.1) is 22.4 Å². The number of aromatic nitrogens is 2. The number of aromatic amines is 1. The first-order valence-electron chi connectivity index (χ1n) is 8.95. The van der Waals surface area contributed by atoms with Crippen molar-refractivity contribution in [2.24, 2.45) is 0 Å². The molecule has 0 spiro atoms. The first kappa shape index (κ1) is 17.7. The summed E-state index contributed by atoms with van der Waals surface area (Å²) in [5.41, 5.74) is 4.15. The van der Waals surface area contributed by atoms with Crippen molar-refractivity contribution in [1.82, 2.24) is 15.1 Å². The van der Waals surface area contributed by atoms with Gasteiger partial charge in [0.1, 0.15) is 0 Å². The van der Waals surface area contributed by atoms with Gasteiger partial charge in [-0.05, 0) is 29.7 Å². The van der Waals surface area contributed by atoms with Crippen LogP contribution in [0.1, 0.15) is 22.3 Å². The zero-order valence-corrected chi connectivity index (χ0v) is 15.0. The number of nitro benzene ring substituents is 1. The van der Waals surface area contributed by atoms with Crippen LogP contribution in [0, 0.1) is 10.1 Å². The largest absolute Gasteiger partial charge is 0.334 e. The van der Waals surface area contributed by atoms with Gasteiger partial charge >= 0.3 is 0 Å². The maximum atomic E-state index is 13.0. The summed E-state index contributed by atoms with van der Waals surface area (Å²) >= 11 is 0. The number of amides is 1. The third kappa shape index (κ3) is 3.42. The van der Waals surface area contributed by atoms with Gasteiger partial charge in [-0.1, -0.05) is 36.4 Å². The van der Waals surface area contributed by atoms with Gasteiger partial charge in [0.25, 0.3) is 11.6 Å². The first-order valence-corrected chi connectivity index (χ1v) is 8.95. The van der Waals surface area contributed by atoms with Gasteiger partial charge in [-0.2, -0.15) is 5.10 Å². The number of carbonyl (C=O) groups is 1. The summed E-state index contributed by atoms with van der Waals surface area (Å²) in [4.78, 5) is 25.2. The number of hydrogen-bond donors (Lipinski definition) is 1. The number of carbonyl (C=O) groups excluding carboxylic acids is 1. The standard InChI is InChI=1S/C21H18N4O3/c26-21(24-12-10-16(11-13-24)15-4-2-1-3-5-15)19-14-22-23-20(19)17-6-8-18(9-7-17)25(27)28/h1-10,14H,11-13H2,(H,22,23). The highest BCUT2D eigenvalue weighted by molar-refractivity contribution is 6.00. The van der Waals surface area contributed by atoms with Crippen LogP contribution in [0.5, 0.6) is 0 Å². The lowest BCUT2D eigenvalue weighted by molar-refractivity contribution is -0.384. The fourth-order valence-corrected chi connectivity index (χ4v) is 3.36. The predicted molar refractivity (Wildman–Crippen MR) is 106 cm³/mol. The Morgan fingerprint density at radius 3 is 2.46 bits per heavy atom. The number of nitrogens with one attached hydrogen (secondary N) is 1. The number of nitrogens with zero attached hydrogens (tertiary/aromatic N) is 3. The topological polar surface area (TPSA) is 92.1 Å². The van der Waals surface area contributed by atoms with Gasteiger partial charge in [-0.25, -0.2) is 0 Å². The summed E-state index contributed by atoms with van der Waals surface area (Å²) in [5, 5.41) is 17.7. The van der Waals surface area contributed by atoms with Crippen molar-refractivity contribution >= 4 is 17.2 Å². The van der Waals surface area contributed by atoms with Gasteiger partial charge in [0.2, 0.25) is 0 Å². The summed E-state index contributed by atoms with van der Waals surface area (Å²) in [6.45, 7) is 1.17. The number of non-ortho nitro benzene ring substituents is 1. The fourth-order valence-electron chi connectivity index (χ4n) is 3.36. The molecule has 2 aromatic carbocycles. The van der Waals surface area contributed by atoms with Crippen LogP contribution in [0.3, 0.4) is 0 Å². The molecular weight excluding hydrogens is 356 g/mol. The van der Waals surface area contributed by atoms with Crippen molar-refractivity contribution in [3.63, 3.8) is 0 Å². The summed E-state index contributed by atoms with van der Waals surface area (Å²) < 4.78 is 0. The minimum Gasteiger partial charge on any atom is -0.334 e. The molecule has 4 rings (SSSR count). The molecule has 0 saturated carbocycles. The molecule has 0 fully saturated rings. The Labute approximate surface area is 161 Å². The van der Waals surface area contributed by atoms with E-state index in [1.807, 2.05) is 18.2 Å². The van der Waals surface area contributed by atoms with Crippen molar-refractivity contribution in [1.29, 1.82) is 0 Å². The fraction of sp³-hybridized carbons (Fsp3) is 0.143. The van der Waals surface area contributed by atoms with Crippen molar-refractivity contribution in [2.75, 3.05) is 13.1 Å². The average molecular weight is 374 g/mol. The lowest BCUT2D eigenvalue weighted by Gasteiger charge is -2.26. The van der Waals surface area contributed by atoms with Crippen LogP contribution in [0.2, 0.25) is 0 Å². The van der Waals surface area contributed by atoms with Crippen molar-refractivity contribution in [3.8, 4) is 11.3 Å². The van der Waals surface area contributed by atoms with Crippen LogP contribution in [-0.2, 0) is 0 Å². The Kier molecular flexibility index (Phi) is 4.72. The molecule has 1 aliphatic rings. The van der Waals surface area contributed by atoms with Crippen LogP contribution in [0.4, 0.5) is 5.69 Å². The summed E-state index contributed by atoms with van der Waals surface area (Å²) in [6.07, 6.45) is 4.39. The van der Waals surface area contributed by atoms with Crippen molar-refractivity contribution in [2.45, 2.75) is 6.42 Å².